The molecule has 25 heavy (non-hydrogen) atoms. The molecule has 0 spiro atoms. The number of benzene rings is 1. The fourth-order valence-corrected chi connectivity index (χ4v) is 2.85. The van der Waals surface area contributed by atoms with Crippen molar-refractivity contribution in [3.63, 3.8) is 0 Å². The molecule has 1 unspecified atom stereocenters. The lowest BCUT2D eigenvalue weighted by atomic mass is 10.1. The molecule has 1 saturated heterocycles. The van der Waals surface area contributed by atoms with Gasteiger partial charge in [0.15, 0.2) is 17.3 Å². The number of amides is 1. The predicted molar refractivity (Wildman–Crippen MR) is 84.8 cm³/mol. The molecule has 0 radical (unpaired) electrons. The number of fused-ring (bicyclic) bond motifs is 1. The van der Waals surface area contributed by atoms with Crippen LogP contribution >= 0.6 is 0 Å². The van der Waals surface area contributed by atoms with Gasteiger partial charge in [-0.05, 0) is 29.8 Å². The fourth-order valence-electron chi connectivity index (χ4n) is 2.85. The summed E-state index contributed by atoms with van der Waals surface area (Å²) in [6, 6.07) is 7.00. The first-order valence-corrected chi connectivity index (χ1v) is 7.78. The molecule has 1 aliphatic rings. The van der Waals surface area contributed by atoms with Crippen molar-refractivity contribution in [3.8, 4) is 0 Å². The molecule has 6 nitrogen and oxygen atoms in total. The largest absolute Gasteiger partial charge is 0.370 e. The lowest BCUT2D eigenvalue weighted by molar-refractivity contribution is -0.0231. The number of hydrogen-bond donors (Lipinski definition) is 1. The topological polar surface area (TPSA) is 71.1 Å². The van der Waals surface area contributed by atoms with E-state index >= 15 is 0 Å². The smallest absolute Gasteiger partial charge is 0.272 e. The molecule has 1 aliphatic heterocycles. The number of aromatic amines is 1. The zero-order chi connectivity index (χ0) is 17.4. The number of nitrogens with one attached hydrogen (secondary N) is 1. The number of nitrogens with zero attached hydrogens (tertiary/aromatic N) is 3. The van der Waals surface area contributed by atoms with Gasteiger partial charge in [-0.15, -0.1) is 0 Å². The normalized spacial score (nSPS) is 17.8. The van der Waals surface area contributed by atoms with Crippen LogP contribution in [0.1, 0.15) is 22.2 Å². The second-order valence-electron chi connectivity index (χ2n) is 5.75. The number of morpholine rings is 1. The highest BCUT2D eigenvalue weighted by molar-refractivity contribution is 5.94. The molecule has 8 heteroatoms. The summed E-state index contributed by atoms with van der Waals surface area (Å²) in [6.45, 7) is 0.948. The third kappa shape index (κ3) is 2.96. The van der Waals surface area contributed by atoms with Crippen LogP contribution in [0, 0.1) is 11.6 Å². The van der Waals surface area contributed by atoms with Gasteiger partial charge in [0.2, 0.25) is 0 Å². The molecule has 0 saturated carbocycles. The van der Waals surface area contributed by atoms with Crippen LogP contribution in [0.15, 0.2) is 36.7 Å². The van der Waals surface area contributed by atoms with Crippen molar-refractivity contribution in [2.24, 2.45) is 0 Å². The average molecular weight is 344 g/mol. The summed E-state index contributed by atoms with van der Waals surface area (Å²) in [6.07, 6.45) is 1.00. The lowest BCUT2D eigenvalue weighted by Gasteiger charge is -2.33. The van der Waals surface area contributed by atoms with E-state index in [-0.39, 0.29) is 18.1 Å². The average Bonchev–Trinajstić information content (AvgIpc) is 3.11. The number of H-pyrrole nitrogens is 1. The standard InChI is InChI=1S/C17H14F2N4O2/c18-11-2-1-10(7-12(11)19)15-8-23(5-6-25-15)17(24)14-4-3-13-16(22-14)21-9-20-13/h1-4,7,9,15H,5-6,8H2,(H,20,21,22). The summed E-state index contributed by atoms with van der Waals surface area (Å²) in [4.78, 5) is 25.5. The molecule has 0 bridgehead atoms. The summed E-state index contributed by atoms with van der Waals surface area (Å²) in [5, 5.41) is 0. The van der Waals surface area contributed by atoms with Gasteiger partial charge in [0.05, 0.1) is 25.0 Å². The number of carbonyl (C=O) groups excluding carboxylic acids is 1. The molecule has 2 aromatic heterocycles. The number of rotatable bonds is 2. The Kier molecular flexibility index (Phi) is 3.89. The highest BCUT2D eigenvalue weighted by atomic mass is 19.2. The maximum Gasteiger partial charge on any atom is 0.272 e. The third-order valence-corrected chi connectivity index (χ3v) is 4.17. The number of pyridine rings is 1. The third-order valence-electron chi connectivity index (χ3n) is 4.17. The second kappa shape index (κ2) is 6.21. The molecule has 128 valence electrons. The van der Waals surface area contributed by atoms with Crippen molar-refractivity contribution in [1.29, 1.82) is 0 Å². The van der Waals surface area contributed by atoms with Crippen LogP contribution in [0.3, 0.4) is 0 Å². The highest BCUT2D eigenvalue weighted by Crippen LogP contribution is 2.24. The number of hydrogen-bond acceptors (Lipinski definition) is 4. The van der Waals surface area contributed by atoms with Gasteiger partial charge in [0.25, 0.3) is 5.91 Å². The van der Waals surface area contributed by atoms with Gasteiger partial charge in [-0.1, -0.05) is 6.07 Å². The van der Waals surface area contributed by atoms with Crippen molar-refractivity contribution < 1.29 is 18.3 Å². The van der Waals surface area contributed by atoms with Crippen LogP contribution in [0.2, 0.25) is 0 Å². The number of imidazole rings is 1. The maximum atomic E-state index is 13.4. The van der Waals surface area contributed by atoms with E-state index in [1.807, 2.05) is 0 Å². The minimum absolute atomic E-state index is 0.240. The van der Waals surface area contributed by atoms with Crippen molar-refractivity contribution in [2.75, 3.05) is 19.7 Å². The number of carbonyl (C=O) groups is 1. The Labute approximate surface area is 141 Å². The molecule has 1 amide bonds. The Morgan fingerprint density at radius 2 is 2.12 bits per heavy atom. The van der Waals surface area contributed by atoms with E-state index < -0.39 is 17.7 Å². The number of halogens is 2. The van der Waals surface area contributed by atoms with E-state index in [1.165, 1.54) is 12.4 Å². The summed E-state index contributed by atoms with van der Waals surface area (Å²) in [5.41, 5.74) is 1.99. The highest BCUT2D eigenvalue weighted by Gasteiger charge is 2.27. The van der Waals surface area contributed by atoms with E-state index in [2.05, 4.69) is 15.0 Å². The summed E-state index contributed by atoms with van der Waals surface area (Å²) < 4.78 is 32.1. The Bertz CT molecular complexity index is 943. The van der Waals surface area contributed by atoms with Crippen molar-refractivity contribution in [2.45, 2.75) is 6.10 Å². The van der Waals surface area contributed by atoms with E-state index in [4.69, 9.17) is 4.74 Å². The van der Waals surface area contributed by atoms with Crippen molar-refractivity contribution >= 4 is 17.1 Å². The van der Waals surface area contributed by atoms with Crippen LogP contribution in [-0.4, -0.2) is 45.5 Å². The molecule has 3 heterocycles. The SMILES string of the molecule is O=C(c1ccc2[nH]cnc2n1)N1CCOC(c2ccc(F)c(F)c2)C1. The predicted octanol–water partition coefficient (Wildman–Crippen LogP) is 2.45. The first-order valence-electron chi connectivity index (χ1n) is 7.78. The fraction of sp³-hybridized carbons (Fsp3) is 0.235. The molecular formula is C17H14F2N4O2. The van der Waals surface area contributed by atoms with Gasteiger partial charge >= 0.3 is 0 Å². The summed E-state index contributed by atoms with van der Waals surface area (Å²) in [5.74, 6) is -2.10. The molecular weight excluding hydrogens is 330 g/mol. The van der Waals surface area contributed by atoms with Crippen LogP contribution < -0.4 is 0 Å². The van der Waals surface area contributed by atoms with Crippen LogP contribution in [0.25, 0.3) is 11.2 Å². The van der Waals surface area contributed by atoms with Gasteiger partial charge < -0.3 is 14.6 Å². The summed E-state index contributed by atoms with van der Waals surface area (Å²) >= 11 is 0. The van der Waals surface area contributed by atoms with Gasteiger partial charge in [-0.2, -0.15) is 0 Å². The molecule has 1 atom stereocenters. The van der Waals surface area contributed by atoms with Gasteiger partial charge in [0, 0.05) is 6.54 Å². The summed E-state index contributed by atoms with van der Waals surface area (Å²) in [7, 11) is 0. The first kappa shape index (κ1) is 15.6. The molecule has 0 aliphatic carbocycles. The molecule has 1 fully saturated rings. The molecule has 1 N–H and O–H groups in total. The Morgan fingerprint density at radius 3 is 2.96 bits per heavy atom. The Hall–Kier alpha value is -2.87. The lowest BCUT2D eigenvalue weighted by Crippen LogP contribution is -2.42. The van der Waals surface area contributed by atoms with E-state index in [1.54, 1.807) is 17.0 Å². The minimum Gasteiger partial charge on any atom is -0.370 e. The quantitative estimate of drug-likeness (QED) is 0.775. The number of aromatic nitrogens is 3. The van der Waals surface area contributed by atoms with Gasteiger partial charge in [-0.25, -0.2) is 18.7 Å². The second-order valence-corrected chi connectivity index (χ2v) is 5.75. The number of ether oxygens (including phenoxy) is 1. The molecule has 3 aromatic rings. The van der Waals surface area contributed by atoms with Crippen molar-refractivity contribution in [1.82, 2.24) is 19.9 Å². The minimum atomic E-state index is -0.935. The maximum absolute atomic E-state index is 13.4. The van der Waals surface area contributed by atoms with Gasteiger partial charge in [0.1, 0.15) is 11.8 Å². The monoisotopic (exact) mass is 344 g/mol. The first-order chi connectivity index (χ1) is 12.1. The van der Waals surface area contributed by atoms with Crippen LogP contribution in [0.4, 0.5) is 8.78 Å². The van der Waals surface area contributed by atoms with E-state index in [0.29, 0.717) is 24.4 Å². The van der Waals surface area contributed by atoms with Crippen LogP contribution in [-0.2, 0) is 4.74 Å². The van der Waals surface area contributed by atoms with E-state index in [0.717, 1.165) is 17.6 Å². The van der Waals surface area contributed by atoms with E-state index in [9.17, 15) is 13.6 Å². The molecule has 1 aromatic carbocycles. The van der Waals surface area contributed by atoms with Crippen molar-refractivity contribution in [3.05, 3.63) is 59.6 Å². The molecule has 4 rings (SSSR count). The zero-order valence-electron chi connectivity index (χ0n) is 13.1. The van der Waals surface area contributed by atoms with Crippen LogP contribution in [0.5, 0.6) is 0 Å². The van der Waals surface area contributed by atoms with Gasteiger partial charge in [-0.3, -0.25) is 4.79 Å². The zero-order valence-corrected chi connectivity index (χ0v) is 13.1. The Balaban J connectivity index is 1.55. The Morgan fingerprint density at radius 1 is 1.24 bits per heavy atom.